The predicted molar refractivity (Wildman–Crippen MR) is 71.2 cm³/mol. The summed E-state index contributed by atoms with van der Waals surface area (Å²) in [4.78, 5) is 12.1. The molecule has 18 heavy (non-hydrogen) atoms. The van der Waals surface area contributed by atoms with Crippen LogP contribution in [0.2, 0.25) is 0 Å². The maximum absolute atomic E-state index is 12.1. The minimum Gasteiger partial charge on any atom is -0.388 e. The molecule has 0 aromatic carbocycles. The smallest absolute Gasteiger partial charge is 0.224 e. The lowest BCUT2D eigenvalue weighted by Crippen LogP contribution is -2.45. The molecular weight excluding hydrogens is 228 g/mol. The number of carbonyl (C=O) groups excluding carboxylic acids is 1. The van der Waals surface area contributed by atoms with Crippen molar-refractivity contribution in [1.82, 2.24) is 10.6 Å². The van der Waals surface area contributed by atoms with E-state index in [1.54, 1.807) is 0 Å². The van der Waals surface area contributed by atoms with Crippen LogP contribution < -0.4 is 10.6 Å². The molecule has 0 bridgehead atoms. The predicted octanol–water partition coefficient (Wildman–Crippen LogP) is 1.04. The minimum atomic E-state index is -0.665. The summed E-state index contributed by atoms with van der Waals surface area (Å²) in [5, 5.41) is 16.7. The number of carbonyl (C=O) groups is 1. The SMILES string of the molecule is C[C@@H]1CNC[C@H]1C(=O)NCC1(O)CCCCCC1. The highest BCUT2D eigenvalue weighted by atomic mass is 16.3. The van der Waals surface area contributed by atoms with Crippen molar-refractivity contribution >= 4 is 5.91 Å². The lowest BCUT2D eigenvalue weighted by Gasteiger charge is -2.27. The number of nitrogens with one attached hydrogen (secondary N) is 2. The molecule has 104 valence electrons. The maximum Gasteiger partial charge on any atom is 0.224 e. The molecule has 1 aliphatic heterocycles. The molecule has 0 spiro atoms. The van der Waals surface area contributed by atoms with Gasteiger partial charge in [0.2, 0.25) is 5.91 Å². The molecular formula is C14H26N2O2. The highest BCUT2D eigenvalue weighted by Gasteiger charge is 2.32. The van der Waals surface area contributed by atoms with Crippen molar-refractivity contribution in [2.24, 2.45) is 11.8 Å². The van der Waals surface area contributed by atoms with Gasteiger partial charge in [-0.2, -0.15) is 0 Å². The van der Waals surface area contributed by atoms with Crippen molar-refractivity contribution in [2.75, 3.05) is 19.6 Å². The molecule has 1 heterocycles. The highest BCUT2D eigenvalue weighted by molar-refractivity contribution is 5.79. The standard InChI is InChI=1S/C14H26N2O2/c1-11-8-15-9-12(11)13(17)16-10-14(18)6-4-2-3-5-7-14/h11-12,15,18H,2-10H2,1H3,(H,16,17)/t11-,12-/m1/s1. The first-order valence-corrected chi connectivity index (χ1v) is 7.31. The van der Waals surface area contributed by atoms with Crippen molar-refractivity contribution in [3.63, 3.8) is 0 Å². The van der Waals surface area contributed by atoms with E-state index >= 15 is 0 Å². The van der Waals surface area contributed by atoms with Gasteiger partial charge in [0.05, 0.1) is 11.5 Å². The number of amides is 1. The first kappa shape index (κ1) is 13.8. The number of hydrogen-bond acceptors (Lipinski definition) is 3. The highest BCUT2D eigenvalue weighted by Crippen LogP contribution is 2.26. The van der Waals surface area contributed by atoms with Crippen molar-refractivity contribution in [3.05, 3.63) is 0 Å². The molecule has 1 aliphatic carbocycles. The molecule has 0 radical (unpaired) electrons. The molecule has 0 aromatic rings. The molecule has 2 atom stereocenters. The average molecular weight is 254 g/mol. The molecule has 2 fully saturated rings. The third-order valence-electron chi connectivity index (χ3n) is 4.48. The molecule has 0 unspecified atom stereocenters. The fourth-order valence-electron chi connectivity index (χ4n) is 3.11. The van der Waals surface area contributed by atoms with Gasteiger partial charge in [0, 0.05) is 13.1 Å². The molecule has 1 saturated carbocycles. The van der Waals surface area contributed by atoms with Crippen LogP contribution in [0.25, 0.3) is 0 Å². The quantitative estimate of drug-likeness (QED) is 0.660. The van der Waals surface area contributed by atoms with Crippen molar-refractivity contribution < 1.29 is 9.90 Å². The van der Waals surface area contributed by atoms with Gasteiger partial charge in [-0.1, -0.05) is 32.6 Å². The Bertz CT molecular complexity index is 286. The van der Waals surface area contributed by atoms with Gasteiger partial charge in [-0.3, -0.25) is 4.79 Å². The van der Waals surface area contributed by atoms with Gasteiger partial charge in [0.1, 0.15) is 0 Å². The van der Waals surface area contributed by atoms with Gasteiger partial charge in [-0.05, 0) is 25.3 Å². The Kier molecular flexibility index (Phi) is 4.62. The minimum absolute atomic E-state index is 0.0689. The zero-order valence-corrected chi connectivity index (χ0v) is 11.4. The number of rotatable bonds is 3. The Morgan fingerprint density at radius 3 is 2.50 bits per heavy atom. The largest absolute Gasteiger partial charge is 0.388 e. The van der Waals surface area contributed by atoms with Gasteiger partial charge in [-0.15, -0.1) is 0 Å². The van der Waals surface area contributed by atoms with Gasteiger partial charge in [-0.25, -0.2) is 0 Å². The molecule has 1 saturated heterocycles. The van der Waals surface area contributed by atoms with E-state index in [0.717, 1.165) is 38.8 Å². The molecule has 4 nitrogen and oxygen atoms in total. The third-order valence-corrected chi connectivity index (χ3v) is 4.48. The van der Waals surface area contributed by atoms with E-state index in [0.29, 0.717) is 12.5 Å². The second kappa shape index (κ2) is 6.02. The van der Waals surface area contributed by atoms with E-state index in [9.17, 15) is 9.90 Å². The summed E-state index contributed by atoms with van der Waals surface area (Å²) in [6.07, 6.45) is 6.22. The van der Waals surface area contributed by atoms with E-state index in [2.05, 4.69) is 17.6 Å². The van der Waals surface area contributed by atoms with Crippen LogP contribution in [0.4, 0.5) is 0 Å². The lowest BCUT2D eigenvalue weighted by molar-refractivity contribution is -0.126. The van der Waals surface area contributed by atoms with E-state index in [1.165, 1.54) is 12.8 Å². The molecule has 2 aliphatic rings. The summed E-state index contributed by atoms with van der Waals surface area (Å²) in [6, 6.07) is 0. The molecule has 4 heteroatoms. The maximum atomic E-state index is 12.1. The van der Waals surface area contributed by atoms with E-state index in [-0.39, 0.29) is 11.8 Å². The summed E-state index contributed by atoms with van der Waals surface area (Å²) < 4.78 is 0. The zero-order chi connectivity index (χ0) is 13.0. The van der Waals surface area contributed by atoms with Crippen LogP contribution in [0.15, 0.2) is 0 Å². The molecule has 0 aromatic heterocycles. The Morgan fingerprint density at radius 2 is 1.94 bits per heavy atom. The fourth-order valence-corrected chi connectivity index (χ4v) is 3.11. The van der Waals surface area contributed by atoms with Crippen LogP contribution in [-0.4, -0.2) is 36.2 Å². The average Bonchev–Trinajstić information content (AvgIpc) is 2.65. The van der Waals surface area contributed by atoms with Gasteiger partial charge in [0.25, 0.3) is 0 Å². The fraction of sp³-hybridized carbons (Fsp3) is 0.929. The summed E-state index contributed by atoms with van der Waals surface area (Å²) >= 11 is 0. The van der Waals surface area contributed by atoms with E-state index in [1.807, 2.05) is 0 Å². The van der Waals surface area contributed by atoms with Gasteiger partial charge in [0.15, 0.2) is 0 Å². The van der Waals surface area contributed by atoms with E-state index in [4.69, 9.17) is 0 Å². The second-order valence-electron chi connectivity index (χ2n) is 6.10. The normalized spacial score (nSPS) is 31.9. The van der Waals surface area contributed by atoms with E-state index < -0.39 is 5.60 Å². The van der Waals surface area contributed by atoms with Crippen molar-refractivity contribution in [1.29, 1.82) is 0 Å². The summed E-state index contributed by atoms with van der Waals surface area (Å²) in [5.41, 5.74) is -0.665. The molecule has 2 rings (SSSR count). The lowest BCUT2D eigenvalue weighted by atomic mass is 9.93. The number of aliphatic hydroxyl groups is 1. The van der Waals surface area contributed by atoms with Crippen LogP contribution in [0, 0.1) is 11.8 Å². The summed E-state index contributed by atoms with van der Waals surface area (Å²) in [6.45, 7) is 4.22. The Morgan fingerprint density at radius 1 is 1.28 bits per heavy atom. The van der Waals surface area contributed by atoms with Crippen LogP contribution in [0.1, 0.15) is 45.4 Å². The first-order chi connectivity index (χ1) is 8.61. The first-order valence-electron chi connectivity index (χ1n) is 7.31. The Labute approximate surface area is 110 Å². The van der Waals surface area contributed by atoms with Crippen molar-refractivity contribution in [3.8, 4) is 0 Å². The summed E-state index contributed by atoms with van der Waals surface area (Å²) in [7, 11) is 0. The van der Waals surface area contributed by atoms with Crippen LogP contribution >= 0.6 is 0 Å². The number of hydrogen-bond donors (Lipinski definition) is 3. The Balaban J connectivity index is 1.80. The molecule has 1 amide bonds. The monoisotopic (exact) mass is 254 g/mol. The van der Waals surface area contributed by atoms with Crippen LogP contribution in [0.5, 0.6) is 0 Å². The van der Waals surface area contributed by atoms with Gasteiger partial charge < -0.3 is 15.7 Å². The van der Waals surface area contributed by atoms with Crippen LogP contribution in [0.3, 0.4) is 0 Å². The van der Waals surface area contributed by atoms with Crippen molar-refractivity contribution in [2.45, 2.75) is 51.0 Å². The van der Waals surface area contributed by atoms with Crippen LogP contribution in [-0.2, 0) is 4.79 Å². The summed E-state index contributed by atoms with van der Waals surface area (Å²) in [5.74, 6) is 0.568. The third kappa shape index (κ3) is 3.45. The molecule has 3 N–H and O–H groups in total. The van der Waals surface area contributed by atoms with Gasteiger partial charge >= 0.3 is 0 Å². The Hall–Kier alpha value is -0.610. The second-order valence-corrected chi connectivity index (χ2v) is 6.10. The topological polar surface area (TPSA) is 61.4 Å². The zero-order valence-electron chi connectivity index (χ0n) is 11.4.